The molecule has 0 heterocycles. The largest absolute Gasteiger partial charge is 0.457 e. The van der Waals surface area contributed by atoms with Crippen LogP contribution in [0.15, 0.2) is 40.9 Å². The first kappa shape index (κ1) is 16.0. The van der Waals surface area contributed by atoms with Gasteiger partial charge in [0.2, 0.25) is 0 Å². The summed E-state index contributed by atoms with van der Waals surface area (Å²) in [7, 11) is 0. The molecule has 2 rings (SSSR count). The van der Waals surface area contributed by atoms with Crippen LogP contribution in [-0.2, 0) is 0 Å². The van der Waals surface area contributed by atoms with Crippen LogP contribution in [-0.4, -0.2) is 4.99 Å². The molecule has 0 bridgehead atoms. The van der Waals surface area contributed by atoms with Gasteiger partial charge in [-0.15, -0.1) is 0 Å². The van der Waals surface area contributed by atoms with Crippen LogP contribution in [0.2, 0.25) is 0 Å². The molecule has 21 heavy (non-hydrogen) atoms. The van der Waals surface area contributed by atoms with E-state index in [2.05, 4.69) is 35.8 Å². The summed E-state index contributed by atoms with van der Waals surface area (Å²) >= 11 is 8.53. The van der Waals surface area contributed by atoms with Gasteiger partial charge in [0.05, 0.1) is 0 Å². The molecule has 2 N–H and O–H groups in total. The zero-order valence-electron chi connectivity index (χ0n) is 12.3. The Morgan fingerprint density at radius 1 is 1.19 bits per heavy atom. The quantitative estimate of drug-likeness (QED) is 0.747. The Bertz CT molecular complexity index is 682. The molecule has 2 aromatic rings. The summed E-state index contributed by atoms with van der Waals surface area (Å²) in [6.07, 6.45) is 0. The smallest absolute Gasteiger partial charge is 0.130 e. The summed E-state index contributed by atoms with van der Waals surface area (Å²) in [5.41, 5.74) is 8.75. The van der Waals surface area contributed by atoms with Crippen LogP contribution in [0.3, 0.4) is 0 Å². The lowest BCUT2D eigenvalue weighted by Gasteiger charge is -2.15. The maximum atomic E-state index is 6.04. The Morgan fingerprint density at radius 3 is 2.48 bits per heavy atom. The summed E-state index contributed by atoms with van der Waals surface area (Å²) < 4.78 is 7.09. The van der Waals surface area contributed by atoms with E-state index in [0.717, 1.165) is 27.1 Å². The van der Waals surface area contributed by atoms with E-state index in [0.29, 0.717) is 10.9 Å². The molecule has 0 aliphatic rings. The Balaban J connectivity index is 2.34. The molecule has 0 aromatic heterocycles. The van der Waals surface area contributed by atoms with Crippen molar-refractivity contribution < 1.29 is 4.74 Å². The van der Waals surface area contributed by atoms with Gasteiger partial charge in [0.15, 0.2) is 0 Å². The summed E-state index contributed by atoms with van der Waals surface area (Å²) in [4.78, 5) is 0.408. The van der Waals surface area contributed by atoms with Crippen LogP contribution in [0.5, 0.6) is 11.5 Å². The molecule has 0 amide bonds. The number of hydrogen-bond donors (Lipinski definition) is 1. The third-order valence-electron chi connectivity index (χ3n) is 3.28. The second-order valence-corrected chi connectivity index (χ2v) is 6.64. The van der Waals surface area contributed by atoms with Crippen molar-refractivity contribution in [2.45, 2.75) is 26.7 Å². The van der Waals surface area contributed by atoms with Crippen LogP contribution in [0.4, 0.5) is 0 Å². The van der Waals surface area contributed by atoms with Crippen molar-refractivity contribution in [2.24, 2.45) is 5.73 Å². The van der Waals surface area contributed by atoms with Crippen LogP contribution in [0, 0.1) is 6.92 Å². The number of thiocarbonyl (C=S) groups is 1. The Kier molecular flexibility index (Phi) is 5.01. The van der Waals surface area contributed by atoms with Crippen molar-refractivity contribution in [3.8, 4) is 11.5 Å². The lowest BCUT2D eigenvalue weighted by molar-refractivity contribution is 0.472. The SMILES string of the molecule is Cc1cc(Oc2ccc(Br)cc2C(C)C)ccc1C(N)=S. The highest BCUT2D eigenvalue weighted by atomic mass is 79.9. The highest BCUT2D eigenvalue weighted by molar-refractivity contribution is 9.10. The van der Waals surface area contributed by atoms with Crippen molar-refractivity contribution in [1.29, 1.82) is 0 Å². The lowest BCUT2D eigenvalue weighted by Crippen LogP contribution is -2.10. The minimum atomic E-state index is 0.384. The molecule has 0 saturated heterocycles. The van der Waals surface area contributed by atoms with Crippen LogP contribution < -0.4 is 10.5 Å². The summed E-state index contributed by atoms with van der Waals surface area (Å²) in [6.45, 7) is 6.28. The monoisotopic (exact) mass is 363 g/mol. The van der Waals surface area contributed by atoms with Gasteiger partial charge in [0.25, 0.3) is 0 Å². The molecule has 2 nitrogen and oxygen atoms in total. The molecule has 2 aromatic carbocycles. The highest BCUT2D eigenvalue weighted by Crippen LogP contribution is 2.33. The van der Waals surface area contributed by atoms with Crippen molar-refractivity contribution >= 4 is 33.1 Å². The third-order valence-corrected chi connectivity index (χ3v) is 4.00. The number of halogens is 1. The van der Waals surface area contributed by atoms with Gasteiger partial charge in [-0.1, -0.05) is 42.0 Å². The topological polar surface area (TPSA) is 35.2 Å². The van der Waals surface area contributed by atoms with Gasteiger partial charge in [0, 0.05) is 10.0 Å². The van der Waals surface area contributed by atoms with Gasteiger partial charge in [-0.2, -0.15) is 0 Å². The first-order valence-electron chi connectivity index (χ1n) is 6.76. The molecule has 0 aliphatic carbocycles. The fraction of sp³-hybridized carbons (Fsp3) is 0.235. The maximum absolute atomic E-state index is 6.04. The van der Waals surface area contributed by atoms with E-state index in [-0.39, 0.29) is 0 Å². The predicted octanol–water partition coefficient (Wildman–Crippen LogP) is 5.31. The number of ether oxygens (including phenoxy) is 1. The molecule has 0 saturated carbocycles. The molecule has 4 heteroatoms. The van der Waals surface area contributed by atoms with Gasteiger partial charge >= 0.3 is 0 Å². The van der Waals surface area contributed by atoms with Crippen molar-refractivity contribution in [3.63, 3.8) is 0 Å². The Labute approximate surface area is 139 Å². The Hall–Kier alpha value is -1.39. The van der Waals surface area contributed by atoms with E-state index in [9.17, 15) is 0 Å². The molecular formula is C17H18BrNOS. The van der Waals surface area contributed by atoms with Crippen LogP contribution in [0.25, 0.3) is 0 Å². The summed E-state index contributed by atoms with van der Waals surface area (Å²) in [6, 6.07) is 11.8. The average Bonchev–Trinajstić information content (AvgIpc) is 2.40. The number of aryl methyl sites for hydroxylation is 1. The molecular weight excluding hydrogens is 346 g/mol. The number of nitrogens with two attached hydrogens (primary N) is 1. The maximum Gasteiger partial charge on any atom is 0.130 e. The van der Waals surface area contributed by atoms with E-state index in [1.165, 1.54) is 5.56 Å². The van der Waals surface area contributed by atoms with E-state index in [1.54, 1.807) is 0 Å². The van der Waals surface area contributed by atoms with Crippen LogP contribution in [0.1, 0.15) is 36.5 Å². The number of benzene rings is 2. The fourth-order valence-corrected chi connectivity index (χ4v) is 2.77. The normalized spacial score (nSPS) is 10.7. The molecule has 0 spiro atoms. The molecule has 0 radical (unpaired) electrons. The highest BCUT2D eigenvalue weighted by Gasteiger charge is 2.10. The van der Waals surface area contributed by atoms with Gasteiger partial charge in [0.1, 0.15) is 16.5 Å². The summed E-state index contributed by atoms with van der Waals surface area (Å²) in [5.74, 6) is 2.04. The van der Waals surface area contributed by atoms with E-state index < -0.39 is 0 Å². The minimum absolute atomic E-state index is 0.384. The first-order chi connectivity index (χ1) is 9.88. The van der Waals surface area contributed by atoms with Crippen LogP contribution >= 0.6 is 28.1 Å². The number of rotatable bonds is 4. The predicted molar refractivity (Wildman–Crippen MR) is 95.4 cm³/mol. The molecule has 110 valence electrons. The third kappa shape index (κ3) is 3.83. The number of hydrogen-bond acceptors (Lipinski definition) is 2. The van der Waals surface area contributed by atoms with E-state index >= 15 is 0 Å². The average molecular weight is 364 g/mol. The van der Waals surface area contributed by atoms with Crippen molar-refractivity contribution in [1.82, 2.24) is 0 Å². The standard InChI is InChI=1S/C17H18BrNOS/c1-10(2)15-9-12(18)4-7-16(15)20-13-5-6-14(17(19)21)11(3)8-13/h4-10H,1-3H3,(H2,19,21). The molecule has 0 fully saturated rings. The van der Waals surface area contributed by atoms with Crippen molar-refractivity contribution in [3.05, 3.63) is 57.6 Å². The van der Waals surface area contributed by atoms with E-state index in [1.807, 2.05) is 37.3 Å². The van der Waals surface area contributed by atoms with Gasteiger partial charge in [-0.05, 0) is 60.4 Å². The minimum Gasteiger partial charge on any atom is -0.457 e. The fourth-order valence-electron chi connectivity index (χ4n) is 2.17. The molecule has 0 atom stereocenters. The Morgan fingerprint density at radius 2 is 1.90 bits per heavy atom. The zero-order valence-corrected chi connectivity index (χ0v) is 14.7. The second-order valence-electron chi connectivity index (χ2n) is 5.28. The zero-order chi connectivity index (χ0) is 15.6. The van der Waals surface area contributed by atoms with Gasteiger partial charge < -0.3 is 10.5 Å². The molecule has 0 unspecified atom stereocenters. The van der Waals surface area contributed by atoms with Crippen molar-refractivity contribution in [2.75, 3.05) is 0 Å². The first-order valence-corrected chi connectivity index (χ1v) is 7.96. The second kappa shape index (κ2) is 6.58. The van der Waals surface area contributed by atoms with Gasteiger partial charge in [-0.3, -0.25) is 0 Å². The van der Waals surface area contributed by atoms with Gasteiger partial charge in [-0.25, -0.2) is 0 Å². The summed E-state index contributed by atoms with van der Waals surface area (Å²) in [5, 5.41) is 0. The molecule has 0 aliphatic heterocycles. The van der Waals surface area contributed by atoms with E-state index in [4.69, 9.17) is 22.7 Å². The lowest BCUT2D eigenvalue weighted by atomic mass is 10.0.